The highest BCUT2D eigenvalue weighted by Crippen LogP contribution is 2.24. The predicted octanol–water partition coefficient (Wildman–Crippen LogP) is 5.00. The molecule has 0 bridgehead atoms. The molecule has 0 saturated heterocycles. The van der Waals surface area contributed by atoms with Crippen LogP contribution >= 0.6 is 11.6 Å². The van der Waals surface area contributed by atoms with E-state index >= 15 is 0 Å². The molecule has 0 saturated carbocycles. The lowest BCUT2D eigenvalue weighted by Crippen LogP contribution is -2.13. The summed E-state index contributed by atoms with van der Waals surface area (Å²) in [5.41, 5.74) is 4.21. The molecule has 0 unspecified atom stereocenters. The third kappa shape index (κ3) is 3.01. The Balaban J connectivity index is 1.95. The third-order valence-electron chi connectivity index (χ3n) is 3.81. The Morgan fingerprint density at radius 1 is 1.00 bits per heavy atom. The molecule has 3 aromatic rings. The lowest BCUT2D eigenvalue weighted by atomic mass is 10.2. The maximum atomic E-state index is 12.6. The van der Waals surface area contributed by atoms with Crippen molar-refractivity contribution in [1.29, 1.82) is 0 Å². The first-order valence-corrected chi connectivity index (χ1v) is 7.76. The second kappa shape index (κ2) is 6.31. The largest absolute Gasteiger partial charge is 0.321 e. The molecule has 1 amide bonds. The van der Waals surface area contributed by atoms with Crippen LogP contribution in [0.25, 0.3) is 5.69 Å². The van der Waals surface area contributed by atoms with E-state index in [2.05, 4.69) is 9.88 Å². The smallest absolute Gasteiger partial charge is 0.257 e. The first-order chi connectivity index (χ1) is 11.1. The number of carbonyl (C=O) groups excluding carboxylic acids is 1. The number of aromatic nitrogens is 1. The Labute approximate surface area is 140 Å². The molecular formula is C19H17ClN2O. The van der Waals surface area contributed by atoms with Gasteiger partial charge in [0.05, 0.1) is 16.3 Å². The molecule has 3 rings (SSSR count). The average molecular weight is 325 g/mol. The Kier molecular flexibility index (Phi) is 4.22. The van der Waals surface area contributed by atoms with Gasteiger partial charge in [0.1, 0.15) is 0 Å². The van der Waals surface area contributed by atoms with Crippen molar-refractivity contribution in [2.75, 3.05) is 5.32 Å². The summed E-state index contributed by atoms with van der Waals surface area (Å²) in [5, 5.41) is 3.40. The van der Waals surface area contributed by atoms with E-state index in [1.807, 2.05) is 62.4 Å². The summed E-state index contributed by atoms with van der Waals surface area (Å²) >= 11 is 6.11. The molecule has 1 N–H and O–H groups in total. The molecule has 3 nitrogen and oxygen atoms in total. The van der Waals surface area contributed by atoms with Crippen LogP contribution in [0.3, 0.4) is 0 Å². The summed E-state index contributed by atoms with van der Waals surface area (Å²) in [6.07, 6.45) is 0. The van der Waals surface area contributed by atoms with E-state index in [1.54, 1.807) is 12.1 Å². The second-order valence-corrected chi connectivity index (χ2v) is 5.80. The standard InChI is InChI=1S/C19H17ClN2O/c1-13-12-16(14(2)22(13)15-8-4-3-5-9-15)19(23)21-18-11-7-6-10-17(18)20/h3-12H,1-2H3,(H,21,23). The monoisotopic (exact) mass is 324 g/mol. The predicted molar refractivity (Wildman–Crippen MR) is 94.6 cm³/mol. The van der Waals surface area contributed by atoms with E-state index in [0.717, 1.165) is 17.1 Å². The third-order valence-corrected chi connectivity index (χ3v) is 4.14. The lowest BCUT2D eigenvalue weighted by Gasteiger charge is -2.10. The summed E-state index contributed by atoms with van der Waals surface area (Å²) in [5.74, 6) is -0.159. The van der Waals surface area contributed by atoms with Crippen molar-refractivity contribution in [2.24, 2.45) is 0 Å². The molecule has 0 aliphatic heterocycles. The van der Waals surface area contributed by atoms with Gasteiger partial charge in [-0.3, -0.25) is 4.79 Å². The molecule has 0 aliphatic carbocycles. The van der Waals surface area contributed by atoms with Crippen LogP contribution in [-0.2, 0) is 0 Å². The number of hydrogen-bond donors (Lipinski definition) is 1. The number of rotatable bonds is 3. The number of para-hydroxylation sites is 2. The summed E-state index contributed by atoms with van der Waals surface area (Å²) in [6.45, 7) is 3.94. The number of hydrogen-bond acceptors (Lipinski definition) is 1. The van der Waals surface area contributed by atoms with Crippen molar-refractivity contribution in [3.8, 4) is 5.69 Å². The fourth-order valence-corrected chi connectivity index (χ4v) is 2.90. The normalized spacial score (nSPS) is 10.6. The van der Waals surface area contributed by atoms with Crippen LogP contribution in [0.1, 0.15) is 21.7 Å². The maximum absolute atomic E-state index is 12.6. The van der Waals surface area contributed by atoms with Crippen LogP contribution in [0.2, 0.25) is 5.02 Å². The van der Waals surface area contributed by atoms with Gasteiger partial charge in [-0.05, 0) is 44.2 Å². The Morgan fingerprint density at radius 3 is 2.35 bits per heavy atom. The molecule has 0 aliphatic rings. The minimum Gasteiger partial charge on any atom is -0.321 e. The molecule has 1 heterocycles. The van der Waals surface area contributed by atoms with Gasteiger partial charge >= 0.3 is 0 Å². The topological polar surface area (TPSA) is 34.0 Å². The van der Waals surface area contributed by atoms with E-state index < -0.39 is 0 Å². The number of halogens is 1. The quantitative estimate of drug-likeness (QED) is 0.722. The van der Waals surface area contributed by atoms with Crippen LogP contribution in [0, 0.1) is 13.8 Å². The average Bonchev–Trinajstić information content (AvgIpc) is 2.85. The zero-order valence-corrected chi connectivity index (χ0v) is 13.8. The highest BCUT2D eigenvalue weighted by molar-refractivity contribution is 6.33. The molecule has 4 heteroatoms. The van der Waals surface area contributed by atoms with Gasteiger partial charge in [-0.2, -0.15) is 0 Å². The second-order valence-electron chi connectivity index (χ2n) is 5.39. The fraction of sp³-hybridized carbons (Fsp3) is 0.105. The first kappa shape index (κ1) is 15.4. The summed E-state index contributed by atoms with van der Waals surface area (Å²) in [6, 6.07) is 19.1. The molecule has 1 aromatic heterocycles. The molecule has 116 valence electrons. The number of nitrogens with zero attached hydrogens (tertiary/aromatic N) is 1. The van der Waals surface area contributed by atoms with Gasteiger partial charge < -0.3 is 9.88 Å². The van der Waals surface area contributed by atoms with E-state index in [9.17, 15) is 4.79 Å². The molecule has 0 atom stereocenters. The van der Waals surface area contributed by atoms with Crippen molar-refractivity contribution >= 4 is 23.2 Å². The fourth-order valence-electron chi connectivity index (χ4n) is 2.72. The Hall–Kier alpha value is -2.52. The van der Waals surface area contributed by atoms with Crippen molar-refractivity contribution < 1.29 is 4.79 Å². The van der Waals surface area contributed by atoms with Crippen molar-refractivity contribution in [3.05, 3.63) is 82.6 Å². The molecule has 0 radical (unpaired) electrons. The zero-order valence-electron chi connectivity index (χ0n) is 13.0. The van der Waals surface area contributed by atoms with E-state index in [1.165, 1.54) is 0 Å². The van der Waals surface area contributed by atoms with Crippen LogP contribution in [0.15, 0.2) is 60.7 Å². The van der Waals surface area contributed by atoms with E-state index in [-0.39, 0.29) is 5.91 Å². The maximum Gasteiger partial charge on any atom is 0.257 e. The van der Waals surface area contributed by atoms with Crippen LogP contribution in [-0.4, -0.2) is 10.5 Å². The Morgan fingerprint density at radius 2 is 1.65 bits per heavy atom. The van der Waals surface area contributed by atoms with Gasteiger partial charge in [-0.25, -0.2) is 0 Å². The van der Waals surface area contributed by atoms with Gasteiger partial charge in [0.15, 0.2) is 0 Å². The van der Waals surface area contributed by atoms with Crippen LogP contribution in [0.4, 0.5) is 5.69 Å². The minimum atomic E-state index is -0.159. The molecule has 23 heavy (non-hydrogen) atoms. The summed E-state index contributed by atoms with van der Waals surface area (Å²) in [4.78, 5) is 12.6. The Bertz CT molecular complexity index is 853. The van der Waals surface area contributed by atoms with Crippen molar-refractivity contribution in [1.82, 2.24) is 4.57 Å². The summed E-state index contributed by atoms with van der Waals surface area (Å²) < 4.78 is 2.07. The lowest BCUT2D eigenvalue weighted by molar-refractivity contribution is 0.102. The number of benzene rings is 2. The van der Waals surface area contributed by atoms with E-state index in [4.69, 9.17) is 11.6 Å². The molecule has 0 spiro atoms. The molecule has 0 fully saturated rings. The highest BCUT2D eigenvalue weighted by atomic mass is 35.5. The van der Waals surface area contributed by atoms with Crippen molar-refractivity contribution in [3.63, 3.8) is 0 Å². The number of anilines is 1. The minimum absolute atomic E-state index is 0.159. The SMILES string of the molecule is Cc1cc(C(=O)Nc2ccccc2Cl)c(C)n1-c1ccccc1. The van der Waals surface area contributed by atoms with Crippen LogP contribution < -0.4 is 5.32 Å². The summed E-state index contributed by atoms with van der Waals surface area (Å²) in [7, 11) is 0. The van der Waals surface area contributed by atoms with Gasteiger partial charge in [0.2, 0.25) is 0 Å². The number of carbonyl (C=O) groups is 1. The number of aryl methyl sites for hydroxylation is 1. The zero-order chi connectivity index (χ0) is 16.4. The number of nitrogens with one attached hydrogen (secondary N) is 1. The molecular weight excluding hydrogens is 308 g/mol. The molecule has 2 aromatic carbocycles. The van der Waals surface area contributed by atoms with Gasteiger partial charge in [0.25, 0.3) is 5.91 Å². The van der Waals surface area contributed by atoms with Crippen molar-refractivity contribution in [2.45, 2.75) is 13.8 Å². The first-order valence-electron chi connectivity index (χ1n) is 7.38. The highest BCUT2D eigenvalue weighted by Gasteiger charge is 2.17. The van der Waals surface area contributed by atoms with Gasteiger partial charge in [-0.15, -0.1) is 0 Å². The van der Waals surface area contributed by atoms with Gasteiger partial charge in [-0.1, -0.05) is 41.9 Å². The van der Waals surface area contributed by atoms with E-state index in [0.29, 0.717) is 16.3 Å². The van der Waals surface area contributed by atoms with Crippen LogP contribution in [0.5, 0.6) is 0 Å². The number of amides is 1. The van der Waals surface area contributed by atoms with Gasteiger partial charge in [0, 0.05) is 17.1 Å².